The zero-order valence-electron chi connectivity index (χ0n) is 8.79. The van der Waals surface area contributed by atoms with Crippen LogP contribution in [0.1, 0.15) is 16.1 Å². The number of pyridine rings is 1. The van der Waals surface area contributed by atoms with E-state index in [1.165, 1.54) is 12.3 Å². The molecule has 1 aromatic heterocycles. The first-order valence-corrected chi connectivity index (χ1v) is 4.89. The van der Waals surface area contributed by atoms with Crippen LogP contribution in [0.25, 0.3) is 11.1 Å². The van der Waals surface area contributed by atoms with Crippen molar-refractivity contribution in [2.45, 2.75) is 0 Å². The Labute approximate surface area is 97.8 Å². The van der Waals surface area contributed by atoms with Gasteiger partial charge in [0.05, 0.1) is 11.6 Å². The predicted molar refractivity (Wildman–Crippen MR) is 61.4 cm³/mol. The van der Waals surface area contributed by atoms with Crippen LogP contribution >= 0.6 is 0 Å². The van der Waals surface area contributed by atoms with E-state index in [-0.39, 0.29) is 11.4 Å². The maximum Gasteiger partial charge on any atom is 0.172 e. The molecule has 1 heterocycles. The van der Waals surface area contributed by atoms with Crippen molar-refractivity contribution in [2.75, 3.05) is 0 Å². The maximum absolute atomic E-state index is 10.5. The van der Waals surface area contributed by atoms with Crippen molar-refractivity contribution in [3.8, 4) is 22.9 Å². The quantitative estimate of drug-likeness (QED) is 0.793. The van der Waals surface area contributed by atoms with Gasteiger partial charge >= 0.3 is 0 Å². The van der Waals surface area contributed by atoms with Gasteiger partial charge in [-0.05, 0) is 23.8 Å². The summed E-state index contributed by atoms with van der Waals surface area (Å²) in [6.07, 6.45) is 2.00. The molecule has 17 heavy (non-hydrogen) atoms. The van der Waals surface area contributed by atoms with Gasteiger partial charge in [0.2, 0.25) is 0 Å². The van der Waals surface area contributed by atoms with Gasteiger partial charge in [-0.3, -0.25) is 4.79 Å². The van der Waals surface area contributed by atoms with Crippen molar-refractivity contribution in [1.29, 1.82) is 5.26 Å². The summed E-state index contributed by atoms with van der Waals surface area (Å²) in [6.45, 7) is 0. The van der Waals surface area contributed by atoms with Gasteiger partial charge in [0.1, 0.15) is 11.4 Å². The lowest BCUT2D eigenvalue weighted by Gasteiger charge is -2.03. The van der Waals surface area contributed by atoms with E-state index >= 15 is 0 Å². The van der Waals surface area contributed by atoms with E-state index in [1.807, 2.05) is 6.07 Å². The fourth-order valence-corrected chi connectivity index (χ4v) is 1.45. The van der Waals surface area contributed by atoms with Crippen LogP contribution in [0.2, 0.25) is 0 Å². The third kappa shape index (κ3) is 2.13. The van der Waals surface area contributed by atoms with E-state index in [9.17, 15) is 9.90 Å². The summed E-state index contributed by atoms with van der Waals surface area (Å²) in [5.41, 5.74) is 2.10. The summed E-state index contributed by atoms with van der Waals surface area (Å²) in [5.74, 6) is -0.151. The number of nitrogens with zero attached hydrogens (tertiary/aromatic N) is 2. The minimum absolute atomic E-state index is 0.0161. The standard InChI is InChI=1S/C13H8N2O2/c14-6-9-1-3-10(4-2-9)11-5-13(17)12(8-16)15-7-11/h1-5,7-8,17H. The number of aldehydes is 1. The van der Waals surface area contributed by atoms with Gasteiger partial charge in [-0.25, -0.2) is 4.98 Å². The van der Waals surface area contributed by atoms with E-state index in [0.29, 0.717) is 17.4 Å². The number of rotatable bonds is 2. The number of hydrogen-bond donors (Lipinski definition) is 1. The Kier molecular flexibility index (Phi) is 2.84. The average Bonchev–Trinajstić information content (AvgIpc) is 2.39. The summed E-state index contributed by atoms with van der Waals surface area (Å²) in [6, 6.07) is 10.4. The van der Waals surface area contributed by atoms with Crippen molar-refractivity contribution >= 4 is 6.29 Å². The molecule has 82 valence electrons. The first-order chi connectivity index (χ1) is 8.24. The van der Waals surface area contributed by atoms with Gasteiger partial charge in [-0.1, -0.05) is 12.1 Å². The highest BCUT2D eigenvalue weighted by molar-refractivity contribution is 5.78. The Balaban J connectivity index is 2.43. The van der Waals surface area contributed by atoms with Crippen LogP contribution in [-0.4, -0.2) is 16.4 Å². The van der Waals surface area contributed by atoms with Gasteiger partial charge in [0, 0.05) is 11.8 Å². The highest BCUT2D eigenvalue weighted by Crippen LogP contribution is 2.24. The van der Waals surface area contributed by atoms with E-state index in [1.54, 1.807) is 24.3 Å². The molecule has 4 heteroatoms. The lowest BCUT2D eigenvalue weighted by atomic mass is 10.1. The summed E-state index contributed by atoms with van der Waals surface area (Å²) in [4.78, 5) is 14.3. The Bertz CT molecular complexity index is 598. The smallest absolute Gasteiger partial charge is 0.172 e. The number of nitriles is 1. The Morgan fingerprint density at radius 1 is 1.24 bits per heavy atom. The van der Waals surface area contributed by atoms with Crippen molar-refractivity contribution in [1.82, 2.24) is 4.98 Å². The average molecular weight is 224 g/mol. The zero-order chi connectivity index (χ0) is 12.3. The number of aromatic hydroxyl groups is 1. The summed E-state index contributed by atoms with van der Waals surface area (Å²) < 4.78 is 0. The number of benzene rings is 1. The first-order valence-electron chi connectivity index (χ1n) is 4.89. The van der Waals surface area contributed by atoms with E-state index < -0.39 is 0 Å². The Morgan fingerprint density at radius 3 is 2.47 bits per heavy atom. The maximum atomic E-state index is 10.5. The van der Waals surface area contributed by atoms with Crippen molar-refractivity contribution in [3.63, 3.8) is 0 Å². The molecular formula is C13H8N2O2. The van der Waals surface area contributed by atoms with Crippen LogP contribution in [0, 0.1) is 11.3 Å². The van der Waals surface area contributed by atoms with Crippen molar-refractivity contribution in [3.05, 3.63) is 47.8 Å². The molecule has 0 fully saturated rings. The van der Waals surface area contributed by atoms with Crippen LogP contribution in [0.3, 0.4) is 0 Å². The molecule has 0 spiro atoms. The molecule has 4 nitrogen and oxygen atoms in total. The van der Waals surface area contributed by atoms with Crippen LogP contribution in [-0.2, 0) is 0 Å². The van der Waals surface area contributed by atoms with Gasteiger partial charge in [-0.15, -0.1) is 0 Å². The number of carbonyl (C=O) groups excluding carboxylic acids is 1. The minimum atomic E-state index is -0.151. The number of hydrogen-bond acceptors (Lipinski definition) is 4. The molecule has 2 aromatic rings. The molecule has 0 aliphatic rings. The lowest BCUT2D eigenvalue weighted by Crippen LogP contribution is -1.88. The van der Waals surface area contributed by atoms with Crippen molar-refractivity contribution in [2.24, 2.45) is 0 Å². The van der Waals surface area contributed by atoms with E-state index in [2.05, 4.69) is 4.98 Å². The van der Waals surface area contributed by atoms with Crippen LogP contribution in [0.15, 0.2) is 36.5 Å². The molecule has 0 aliphatic heterocycles. The fourth-order valence-electron chi connectivity index (χ4n) is 1.45. The summed E-state index contributed by atoms with van der Waals surface area (Å²) >= 11 is 0. The third-order valence-electron chi connectivity index (χ3n) is 2.36. The van der Waals surface area contributed by atoms with Gasteiger partial charge in [0.15, 0.2) is 6.29 Å². The zero-order valence-corrected chi connectivity index (χ0v) is 8.79. The molecule has 0 saturated heterocycles. The van der Waals surface area contributed by atoms with Crippen LogP contribution in [0.5, 0.6) is 5.75 Å². The Hall–Kier alpha value is -2.67. The summed E-state index contributed by atoms with van der Waals surface area (Å²) in [5, 5.41) is 18.2. The molecule has 1 aromatic carbocycles. The van der Waals surface area contributed by atoms with Gasteiger partial charge in [-0.2, -0.15) is 5.26 Å². The Morgan fingerprint density at radius 2 is 1.94 bits per heavy atom. The summed E-state index contributed by atoms with van der Waals surface area (Å²) in [7, 11) is 0. The molecule has 1 N–H and O–H groups in total. The highest BCUT2D eigenvalue weighted by atomic mass is 16.3. The molecule has 0 unspecified atom stereocenters. The molecule has 2 rings (SSSR count). The fraction of sp³-hybridized carbons (Fsp3) is 0. The molecule has 0 saturated carbocycles. The normalized spacial score (nSPS) is 9.59. The van der Waals surface area contributed by atoms with Crippen molar-refractivity contribution < 1.29 is 9.90 Å². The minimum Gasteiger partial charge on any atom is -0.506 e. The SMILES string of the molecule is N#Cc1ccc(-c2cnc(C=O)c(O)c2)cc1. The molecule has 0 bridgehead atoms. The topological polar surface area (TPSA) is 74.0 Å². The second-order valence-electron chi connectivity index (χ2n) is 3.44. The lowest BCUT2D eigenvalue weighted by molar-refractivity contribution is 0.111. The number of carbonyl (C=O) groups is 1. The molecule has 0 amide bonds. The highest BCUT2D eigenvalue weighted by Gasteiger charge is 2.04. The van der Waals surface area contributed by atoms with Gasteiger partial charge < -0.3 is 5.11 Å². The monoisotopic (exact) mass is 224 g/mol. The van der Waals surface area contributed by atoms with E-state index in [4.69, 9.17) is 5.26 Å². The van der Waals surface area contributed by atoms with Crippen LogP contribution in [0.4, 0.5) is 0 Å². The molecule has 0 atom stereocenters. The number of aromatic nitrogens is 1. The largest absolute Gasteiger partial charge is 0.506 e. The second-order valence-corrected chi connectivity index (χ2v) is 3.44. The molecule has 0 radical (unpaired) electrons. The second kappa shape index (κ2) is 4.45. The predicted octanol–water partition coefficient (Wildman–Crippen LogP) is 2.14. The molecular weight excluding hydrogens is 216 g/mol. The van der Waals surface area contributed by atoms with E-state index in [0.717, 1.165) is 5.56 Å². The van der Waals surface area contributed by atoms with Gasteiger partial charge in [0.25, 0.3) is 0 Å². The van der Waals surface area contributed by atoms with Crippen LogP contribution < -0.4 is 0 Å². The molecule has 0 aliphatic carbocycles. The third-order valence-corrected chi connectivity index (χ3v) is 2.36. The first kappa shape index (κ1) is 10.8.